The van der Waals surface area contributed by atoms with Crippen LogP contribution in [0.4, 0.5) is 0 Å². The summed E-state index contributed by atoms with van der Waals surface area (Å²) >= 11 is 1.27. The number of nitrogens with zero attached hydrogens (tertiary/aromatic N) is 2. The largest absolute Gasteiger partial charge is 0.410 e. The second-order valence-electron chi connectivity index (χ2n) is 6.37. The number of amides is 1. The lowest BCUT2D eigenvalue weighted by atomic mass is 9.88. The van der Waals surface area contributed by atoms with Gasteiger partial charge in [0, 0.05) is 6.20 Å². The fourth-order valence-electron chi connectivity index (χ4n) is 3.23. The molecule has 26 heavy (non-hydrogen) atoms. The highest BCUT2D eigenvalue weighted by atomic mass is 32.2. The van der Waals surface area contributed by atoms with Gasteiger partial charge in [0.25, 0.3) is 11.1 Å². The van der Waals surface area contributed by atoms with E-state index in [9.17, 15) is 4.79 Å². The van der Waals surface area contributed by atoms with Crippen LogP contribution in [0.1, 0.15) is 36.9 Å². The number of rotatable bonds is 5. The number of carbonyl (C=O) groups is 1. The van der Waals surface area contributed by atoms with E-state index in [1.807, 2.05) is 25.1 Å². The van der Waals surface area contributed by atoms with Crippen molar-refractivity contribution < 1.29 is 9.21 Å². The van der Waals surface area contributed by atoms with Crippen molar-refractivity contribution in [1.82, 2.24) is 20.5 Å². The molecule has 0 aliphatic heterocycles. The van der Waals surface area contributed by atoms with Crippen molar-refractivity contribution in [1.29, 1.82) is 0 Å². The van der Waals surface area contributed by atoms with Gasteiger partial charge in [-0.15, -0.1) is 10.2 Å². The highest BCUT2D eigenvalue weighted by Crippen LogP contribution is 2.31. The number of nitrogens with one attached hydrogen (secondary N) is 2. The van der Waals surface area contributed by atoms with Gasteiger partial charge < -0.3 is 14.7 Å². The maximum atomic E-state index is 12.6. The number of hydrogen-bond acceptors (Lipinski definition) is 5. The van der Waals surface area contributed by atoms with Crippen molar-refractivity contribution in [2.45, 2.75) is 42.7 Å². The second kappa shape index (κ2) is 7.37. The normalized spacial score (nSPS) is 17.5. The molecule has 6 nitrogen and oxygen atoms in total. The van der Waals surface area contributed by atoms with Crippen LogP contribution in [0.2, 0.25) is 0 Å². The number of thioether (sulfide) groups is 1. The molecule has 1 aromatic carbocycles. The number of hydrogen-bond donors (Lipinski definition) is 2. The SMILES string of the molecule is C[C@@H](Sc1nnc(-c2ccc[nH]2)o1)C(=O)N[C@@H]1CCCc2ccccc21. The van der Waals surface area contributed by atoms with Crippen molar-refractivity contribution in [3.8, 4) is 11.6 Å². The molecule has 0 spiro atoms. The third-order valence-corrected chi connectivity index (χ3v) is 5.50. The van der Waals surface area contributed by atoms with Crippen LogP contribution in [0.3, 0.4) is 0 Å². The fourth-order valence-corrected chi connectivity index (χ4v) is 3.92. The van der Waals surface area contributed by atoms with Crippen LogP contribution in [-0.4, -0.2) is 26.3 Å². The van der Waals surface area contributed by atoms with Gasteiger partial charge in [0.2, 0.25) is 5.91 Å². The number of H-pyrrole nitrogens is 1. The number of carbonyl (C=O) groups excluding carboxylic acids is 1. The van der Waals surface area contributed by atoms with E-state index in [-0.39, 0.29) is 17.2 Å². The second-order valence-corrected chi connectivity index (χ2v) is 7.66. The third-order valence-electron chi connectivity index (χ3n) is 4.57. The molecular formula is C19H20N4O2S. The first kappa shape index (κ1) is 16.9. The lowest BCUT2D eigenvalue weighted by molar-refractivity contribution is -0.121. The quantitative estimate of drug-likeness (QED) is 0.670. The highest BCUT2D eigenvalue weighted by molar-refractivity contribution is 8.00. The number of fused-ring (bicyclic) bond motifs is 1. The Morgan fingerprint density at radius 3 is 3.04 bits per heavy atom. The number of aromatic nitrogens is 3. The molecule has 2 N–H and O–H groups in total. The number of aromatic amines is 1. The van der Waals surface area contributed by atoms with Gasteiger partial charge in [-0.1, -0.05) is 36.0 Å². The average molecular weight is 368 g/mol. The summed E-state index contributed by atoms with van der Waals surface area (Å²) in [4.78, 5) is 15.7. The summed E-state index contributed by atoms with van der Waals surface area (Å²) in [5, 5.41) is 11.3. The number of benzene rings is 1. The molecule has 2 atom stereocenters. The van der Waals surface area contributed by atoms with Crippen LogP contribution in [-0.2, 0) is 11.2 Å². The van der Waals surface area contributed by atoms with Crippen LogP contribution >= 0.6 is 11.8 Å². The summed E-state index contributed by atoms with van der Waals surface area (Å²) in [6.45, 7) is 1.85. The highest BCUT2D eigenvalue weighted by Gasteiger charge is 2.25. The van der Waals surface area contributed by atoms with Crippen LogP contribution < -0.4 is 5.32 Å². The molecule has 2 aromatic heterocycles. The van der Waals surface area contributed by atoms with Gasteiger partial charge >= 0.3 is 0 Å². The van der Waals surface area contributed by atoms with Gasteiger partial charge in [-0.25, -0.2) is 0 Å². The Hall–Kier alpha value is -2.54. The minimum absolute atomic E-state index is 0.0173. The molecular weight excluding hydrogens is 348 g/mol. The summed E-state index contributed by atoms with van der Waals surface area (Å²) in [6.07, 6.45) is 4.94. The van der Waals surface area contributed by atoms with Crippen molar-refractivity contribution >= 4 is 17.7 Å². The predicted molar refractivity (Wildman–Crippen MR) is 99.7 cm³/mol. The van der Waals surface area contributed by atoms with Crippen molar-refractivity contribution in [3.05, 3.63) is 53.7 Å². The lowest BCUT2D eigenvalue weighted by Crippen LogP contribution is -2.35. The summed E-state index contributed by atoms with van der Waals surface area (Å²) in [6, 6.07) is 12.1. The third kappa shape index (κ3) is 3.53. The lowest BCUT2D eigenvalue weighted by Gasteiger charge is -2.27. The number of aryl methyl sites for hydroxylation is 1. The van der Waals surface area contributed by atoms with Gasteiger partial charge in [-0.3, -0.25) is 4.79 Å². The summed E-state index contributed by atoms with van der Waals surface area (Å²) in [7, 11) is 0. The van der Waals surface area contributed by atoms with Crippen LogP contribution in [0.5, 0.6) is 0 Å². The Labute approximate surface area is 155 Å². The zero-order valence-electron chi connectivity index (χ0n) is 14.4. The Kier molecular flexibility index (Phi) is 4.79. The molecule has 0 radical (unpaired) electrons. The minimum atomic E-state index is -0.318. The maximum absolute atomic E-state index is 12.6. The molecule has 0 saturated carbocycles. The zero-order chi connectivity index (χ0) is 17.9. The van der Waals surface area contributed by atoms with Gasteiger partial charge in [0.1, 0.15) is 5.69 Å². The smallest absolute Gasteiger partial charge is 0.277 e. The Morgan fingerprint density at radius 2 is 2.19 bits per heavy atom. The van der Waals surface area contributed by atoms with Crippen molar-refractivity contribution in [2.24, 2.45) is 0 Å². The van der Waals surface area contributed by atoms with E-state index in [2.05, 4.69) is 38.7 Å². The van der Waals surface area contributed by atoms with Gasteiger partial charge in [0.05, 0.1) is 11.3 Å². The topological polar surface area (TPSA) is 83.8 Å². The summed E-state index contributed by atoms with van der Waals surface area (Å²) in [5.74, 6) is 0.405. The molecule has 134 valence electrons. The van der Waals surface area contributed by atoms with E-state index >= 15 is 0 Å². The zero-order valence-corrected chi connectivity index (χ0v) is 15.3. The molecule has 2 heterocycles. The van der Waals surface area contributed by atoms with E-state index < -0.39 is 0 Å². The monoisotopic (exact) mass is 368 g/mol. The molecule has 0 fully saturated rings. The first-order valence-electron chi connectivity index (χ1n) is 8.73. The fraction of sp³-hybridized carbons (Fsp3) is 0.316. The molecule has 0 unspecified atom stereocenters. The Bertz CT molecular complexity index is 891. The molecule has 1 aliphatic carbocycles. The van der Waals surface area contributed by atoms with Crippen LogP contribution in [0.25, 0.3) is 11.6 Å². The molecule has 1 amide bonds. The summed E-state index contributed by atoms with van der Waals surface area (Å²) in [5.41, 5.74) is 3.33. The van der Waals surface area contributed by atoms with Crippen molar-refractivity contribution in [3.63, 3.8) is 0 Å². The standard InChI is InChI=1S/C19H20N4O2S/c1-12(26-19-23-22-18(25-19)16-10-5-11-20-16)17(24)21-15-9-4-7-13-6-2-3-8-14(13)15/h2-3,5-6,8,10-12,15,20H,4,7,9H2,1H3,(H,21,24)/t12-,15-/m1/s1. The van der Waals surface area contributed by atoms with Crippen LogP contribution in [0.15, 0.2) is 52.2 Å². The van der Waals surface area contributed by atoms with Gasteiger partial charge in [0.15, 0.2) is 0 Å². The van der Waals surface area contributed by atoms with Crippen molar-refractivity contribution in [2.75, 3.05) is 0 Å². The maximum Gasteiger partial charge on any atom is 0.277 e. The first-order valence-corrected chi connectivity index (χ1v) is 9.61. The molecule has 7 heteroatoms. The molecule has 3 aromatic rings. The first-order chi connectivity index (χ1) is 12.7. The molecule has 0 bridgehead atoms. The van der Waals surface area contributed by atoms with Gasteiger partial charge in [-0.2, -0.15) is 0 Å². The Morgan fingerprint density at radius 1 is 1.31 bits per heavy atom. The van der Waals surface area contributed by atoms with E-state index in [0.29, 0.717) is 11.1 Å². The van der Waals surface area contributed by atoms with E-state index in [4.69, 9.17) is 4.42 Å². The van der Waals surface area contributed by atoms with Crippen LogP contribution in [0, 0.1) is 0 Å². The Balaban J connectivity index is 1.40. The van der Waals surface area contributed by atoms with E-state index in [1.165, 1.54) is 22.9 Å². The van der Waals surface area contributed by atoms with Gasteiger partial charge in [-0.05, 0) is 49.4 Å². The summed E-state index contributed by atoms with van der Waals surface area (Å²) < 4.78 is 5.62. The predicted octanol–water partition coefficient (Wildman–Crippen LogP) is 3.74. The van der Waals surface area contributed by atoms with E-state index in [0.717, 1.165) is 25.0 Å². The average Bonchev–Trinajstić information content (AvgIpc) is 3.33. The molecule has 1 aliphatic rings. The minimum Gasteiger partial charge on any atom is -0.410 e. The molecule has 4 rings (SSSR count). The van der Waals surface area contributed by atoms with E-state index in [1.54, 1.807) is 6.20 Å². The molecule has 0 saturated heterocycles.